The minimum absolute atomic E-state index is 0.172. The van der Waals surface area contributed by atoms with Crippen molar-refractivity contribution in [2.45, 2.75) is 25.6 Å². The molecule has 0 radical (unpaired) electrons. The Morgan fingerprint density at radius 3 is 2.38 bits per heavy atom. The van der Waals surface area contributed by atoms with E-state index >= 15 is 0 Å². The second-order valence-electron chi connectivity index (χ2n) is 7.41. The van der Waals surface area contributed by atoms with Crippen molar-refractivity contribution in [1.29, 1.82) is 0 Å². The average molecular weight is 355 g/mol. The maximum Gasteiger partial charge on any atom is 0.123 e. The molecule has 0 N–H and O–H groups in total. The number of pyridine rings is 1. The van der Waals surface area contributed by atoms with Gasteiger partial charge in [0, 0.05) is 51.0 Å². The van der Waals surface area contributed by atoms with Crippen LogP contribution in [0.25, 0.3) is 0 Å². The molecule has 0 unspecified atom stereocenters. The van der Waals surface area contributed by atoms with Gasteiger partial charge in [-0.25, -0.2) is 4.39 Å². The largest absolute Gasteiger partial charge is 0.375 e. The van der Waals surface area contributed by atoms with Gasteiger partial charge in [0.1, 0.15) is 5.82 Å². The summed E-state index contributed by atoms with van der Waals surface area (Å²) < 4.78 is 19.3. The van der Waals surface area contributed by atoms with E-state index in [0.717, 1.165) is 57.9 Å². The van der Waals surface area contributed by atoms with Gasteiger partial charge >= 0.3 is 0 Å². The van der Waals surface area contributed by atoms with Crippen molar-refractivity contribution in [3.8, 4) is 0 Å². The van der Waals surface area contributed by atoms with Crippen LogP contribution in [0.1, 0.15) is 17.5 Å². The molecule has 2 saturated heterocycles. The Hall–Kier alpha value is -1.82. The molecule has 2 atom stereocenters. The average Bonchev–Trinajstić information content (AvgIpc) is 2.86. The highest BCUT2D eigenvalue weighted by molar-refractivity contribution is 5.16. The number of hydrogen-bond acceptors (Lipinski definition) is 4. The zero-order chi connectivity index (χ0) is 17.8. The van der Waals surface area contributed by atoms with Crippen LogP contribution in [0.4, 0.5) is 4.39 Å². The van der Waals surface area contributed by atoms with Crippen molar-refractivity contribution in [2.75, 3.05) is 32.8 Å². The first-order valence-corrected chi connectivity index (χ1v) is 9.46. The van der Waals surface area contributed by atoms with Crippen molar-refractivity contribution < 1.29 is 9.13 Å². The molecule has 2 aromatic rings. The van der Waals surface area contributed by atoms with Crippen LogP contribution in [0.3, 0.4) is 0 Å². The van der Waals surface area contributed by atoms with E-state index in [1.165, 1.54) is 5.56 Å². The van der Waals surface area contributed by atoms with E-state index < -0.39 is 0 Å². The summed E-state index contributed by atoms with van der Waals surface area (Å²) in [5.41, 5.74) is 2.48. The summed E-state index contributed by atoms with van der Waals surface area (Å²) in [4.78, 5) is 9.05. The highest BCUT2D eigenvalue weighted by Gasteiger charge is 2.33. The van der Waals surface area contributed by atoms with Crippen LogP contribution in [0.15, 0.2) is 48.8 Å². The molecule has 3 heterocycles. The molecule has 0 spiro atoms. The Labute approximate surface area is 154 Å². The molecule has 2 fully saturated rings. The first-order valence-electron chi connectivity index (χ1n) is 9.46. The molecule has 4 rings (SSSR count). The van der Waals surface area contributed by atoms with Crippen LogP contribution in [-0.2, 0) is 17.8 Å². The number of halogens is 1. The molecule has 0 aliphatic carbocycles. The molecule has 2 aliphatic rings. The molecule has 138 valence electrons. The third-order valence-corrected chi connectivity index (χ3v) is 5.49. The summed E-state index contributed by atoms with van der Waals surface area (Å²) in [7, 11) is 0. The number of aromatic nitrogens is 1. The highest BCUT2D eigenvalue weighted by Crippen LogP contribution is 2.26. The molecular weight excluding hydrogens is 329 g/mol. The highest BCUT2D eigenvalue weighted by atomic mass is 19.1. The predicted octanol–water partition coefficient (Wildman–Crippen LogP) is 2.94. The lowest BCUT2D eigenvalue weighted by molar-refractivity contribution is -0.0242. The number of rotatable bonds is 4. The lowest BCUT2D eigenvalue weighted by atomic mass is 9.93. The first-order chi connectivity index (χ1) is 12.8. The lowest BCUT2D eigenvalue weighted by Gasteiger charge is -2.38. The standard InChI is InChI=1S/C21H26FN3O/c22-20-3-1-17(2-4-20)13-24-10-7-19-15-25(11-12-26-21(19)16-24)14-18-5-8-23-9-6-18/h1-6,8-9,19,21H,7,10-16H2/t19-,21-/m0/s1. The SMILES string of the molecule is Fc1ccc(CN2CC[C@H]3CN(Cc4ccncc4)CCO[C@H]3C2)cc1. The summed E-state index contributed by atoms with van der Waals surface area (Å²) in [5.74, 6) is 0.414. The van der Waals surface area contributed by atoms with Gasteiger partial charge in [-0.1, -0.05) is 12.1 Å². The Kier molecular flexibility index (Phi) is 5.58. The van der Waals surface area contributed by atoms with Gasteiger partial charge in [0.05, 0.1) is 12.7 Å². The number of ether oxygens (including phenoxy) is 1. The molecule has 0 amide bonds. The van der Waals surface area contributed by atoms with Crippen molar-refractivity contribution in [3.05, 3.63) is 65.7 Å². The van der Waals surface area contributed by atoms with Crippen LogP contribution in [0.2, 0.25) is 0 Å². The van der Waals surface area contributed by atoms with E-state index in [1.54, 1.807) is 12.1 Å². The fourth-order valence-corrected chi connectivity index (χ4v) is 4.06. The normalized spacial score (nSPS) is 24.8. The predicted molar refractivity (Wildman–Crippen MR) is 99.0 cm³/mol. The van der Waals surface area contributed by atoms with Gasteiger partial charge in [0.2, 0.25) is 0 Å². The van der Waals surface area contributed by atoms with Crippen LogP contribution in [0, 0.1) is 11.7 Å². The van der Waals surface area contributed by atoms with Gasteiger partial charge in [-0.3, -0.25) is 14.8 Å². The topological polar surface area (TPSA) is 28.6 Å². The van der Waals surface area contributed by atoms with E-state index in [0.29, 0.717) is 12.0 Å². The summed E-state index contributed by atoms with van der Waals surface area (Å²) >= 11 is 0. The number of hydrogen-bond donors (Lipinski definition) is 0. The first kappa shape index (κ1) is 17.6. The van der Waals surface area contributed by atoms with E-state index in [-0.39, 0.29) is 5.82 Å². The number of likely N-dealkylation sites (tertiary alicyclic amines) is 1. The quantitative estimate of drug-likeness (QED) is 0.843. The summed E-state index contributed by atoms with van der Waals surface area (Å²) in [6.07, 6.45) is 5.17. The smallest absolute Gasteiger partial charge is 0.123 e. The van der Waals surface area contributed by atoms with Gasteiger partial charge < -0.3 is 4.74 Å². The van der Waals surface area contributed by atoms with E-state index in [1.807, 2.05) is 24.5 Å². The summed E-state index contributed by atoms with van der Waals surface area (Å²) in [6.45, 7) is 6.74. The van der Waals surface area contributed by atoms with Crippen LogP contribution in [-0.4, -0.2) is 53.7 Å². The van der Waals surface area contributed by atoms with Gasteiger partial charge in [0.15, 0.2) is 0 Å². The van der Waals surface area contributed by atoms with E-state index in [4.69, 9.17) is 4.74 Å². The van der Waals surface area contributed by atoms with Crippen molar-refractivity contribution >= 4 is 0 Å². The fraction of sp³-hybridized carbons (Fsp3) is 0.476. The monoisotopic (exact) mass is 355 g/mol. The minimum Gasteiger partial charge on any atom is -0.375 e. The van der Waals surface area contributed by atoms with Crippen LogP contribution >= 0.6 is 0 Å². The zero-order valence-corrected chi connectivity index (χ0v) is 15.1. The van der Waals surface area contributed by atoms with E-state index in [9.17, 15) is 4.39 Å². The maximum absolute atomic E-state index is 13.1. The third-order valence-electron chi connectivity index (χ3n) is 5.49. The molecular formula is C21H26FN3O. The third kappa shape index (κ3) is 4.47. The second-order valence-corrected chi connectivity index (χ2v) is 7.41. The van der Waals surface area contributed by atoms with Crippen LogP contribution in [0.5, 0.6) is 0 Å². The minimum atomic E-state index is -0.172. The molecule has 0 saturated carbocycles. The molecule has 2 aliphatic heterocycles. The van der Waals surface area contributed by atoms with Crippen molar-refractivity contribution in [3.63, 3.8) is 0 Å². The Morgan fingerprint density at radius 1 is 0.923 bits per heavy atom. The molecule has 5 heteroatoms. The molecule has 1 aromatic heterocycles. The Morgan fingerprint density at radius 2 is 1.62 bits per heavy atom. The maximum atomic E-state index is 13.1. The number of nitrogens with zero attached hydrogens (tertiary/aromatic N) is 3. The summed E-state index contributed by atoms with van der Waals surface area (Å²) in [6, 6.07) is 11.0. The summed E-state index contributed by atoms with van der Waals surface area (Å²) in [5, 5.41) is 0. The Balaban J connectivity index is 1.33. The molecule has 4 nitrogen and oxygen atoms in total. The Bertz CT molecular complexity index is 694. The van der Waals surface area contributed by atoms with E-state index in [2.05, 4.69) is 26.9 Å². The lowest BCUT2D eigenvalue weighted by Crippen LogP contribution is -2.46. The fourth-order valence-electron chi connectivity index (χ4n) is 4.06. The zero-order valence-electron chi connectivity index (χ0n) is 15.1. The van der Waals surface area contributed by atoms with Gasteiger partial charge in [-0.05, 0) is 48.4 Å². The number of piperidine rings is 1. The van der Waals surface area contributed by atoms with Gasteiger partial charge in [-0.15, -0.1) is 0 Å². The molecule has 1 aromatic carbocycles. The van der Waals surface area contributed by atoms with Crippen LogP contribution < -0.4 is 0 Å². The van der Waals surface area contributed by atoms with Crippen molar-refractivity contribution in [2.24, 2.45) is 5.92 Å². The van der Waals surface area contributed by atoms with Crippen molar-refractivity contribution in [1.82, 2.24) is 14.8 Å². The number of fused-ring (bicyclic) bond motifs is 1. The van der Waals surface area contributed by atoms with Gasteiger partial charge in [0.25, 0.3) is 0 Å². The second kappa shape index (κ2) is 8.25. The molecule has 26 heavy (non-hydrogen) atoms. The number of benzene rings is 1. The molecule has 0 bridgehead atoms. The van der Waals surface area contributed by atoms with Gasteiger partial charge in [-0.2, -0.15) is 0 Å².